The quantitative estimate of drug-likeness (QED) is 0.144. The molecule has 2 bridgehead atoms. The summed E-state index contributed by atoms with van der Waals surface area (Å²) in [5.74, 6) is 3.43. The molecule has 3 aromatic rings. The number of carbonyl (C=O) groups excluding carboxylic acids is 1. The van der Waals surface area contributed by atoms with Gasteiger partial charge in [0.05, 0.1) is 13.2 Å². The molecule has 2 heterocycles. The summed E-state index contributed by atoms with van der Waals surface area (Å²) in [6.45, 7) is 3.02. The van der Waals surface area contributed by atoms with Gasteiger partial charge in [-0.15, -0.1) is 0 Å². The zero-order valence-electron chi connectivity index (χ0n) is 30.7. The summed E-state index contributed by atoms with van der Waals surface area (Å²) in [4.78, 5) is 19.5. The van der Waals surface area contributed by atoms with Crippen molar-refractivity contribution in [2.45, 2.75) is 126 Å². The van der Waals surface area contributed by atoms with Crippen LogP contribution in [0.2, 0.25) is 0 Å². The smallest absolute Gasteiger partial charge is 0.222 e. The van der Waals surface area contributed by atoms with Gasteiger partial charge in [-0.25, -0.2) is 0 Å². The minimum absolute atomic E-state index is 0.0252. The SMILES string of the molecule is COc1cc(O)c2c3c1O[C@H]1[C@H](N(CCCCc4ccccc4)C(=O)CCCCCCCc4ccccc4)CC[C@H]4[C@@H](C2)N(CC2CC2)CC[C@@]341. The number of methoxy groups -OCH3 is 1. The van der Waals surface area contributed by atoms with Gasteiger partial charge in [-0.1, -0.05) is 79.9 Å². The van der Waals surface area contributed by atoms with Gasteiger partial charge in [0.15, 0.2) is 11.5 Å². The molecular weight excluding hydrogens is 633 g/mol. The van der Waals surface area contributed by atoms with Gasteiger partial charge in [0.25, 0.3) is 0 Å². The van der Waals surface area contributed by atoms with Gasteiger partial charge in [-0.3, -0.25) is 9.69 Å². The molecule has 2 aliphatic heterocycles. The lowest BCUT2D eigenvalue weighted by Gasteiger charge is -2.60. The molecule has 6 heteroatoms. The second-order valence-corrected chi connectivity index (χ2v) is 16.4. The molecule has 1 spiro atoms. The third-order valence-corrected chi connectivity index (χ3v) is 13.3. The van der Waals surface area contributed by atoms with Gasteiger partial charge < -0.3 is 19.5 Å². The standard InChI is InChI=1S/C45H58N2O4/c1-50-40-30-39(48)35-29-38-36-24-25-37(44-45(36,42(35)43(40)51-44)26-28-46(38)31-34-22-23-34)47(27-14-13-20-33-18-10-6-11-19-33)41(49)21-12-4-2-3-7-15-32-16-8-5-9-17-32/h5-6,8-11,16-19,30,34,36-38,44,48H,2-4,7,12-15,20-29,31H2,1H3/t36-,37+,38+,44-,45-/m0/s1. The van der Waals surface area contributed by atoms with E-state index in [1.165, 1.54) is 55.3 Å². The van der Waals surface area contributed by atoms with Crippen molar-refractivity contribution in [3.05, 3.63) is 89.0 Å². The molecule has 2 saturated carbocycles. The van der Waals surface area contributed by atoms with E-state index in [2.05, 4.69) is 70.5 Å². The highest BCUT2D eigenvalue weighted by Crippen LogP contribution is 2.66. The van der Waals surface area contributed by atoms with E-state index in [1.54, 1.807) is 13.2 Å². The van der Waals surface area contributed by atoms with Crippen LogP contribution in [0, 0.1) is 11.8 Å². The Balaban J connectivity index is 1.000. The number of hydrogen-bond donors (Lipinski definition) is 1. The fourth-order valence-corrected chi connectivity index (χ4v) is 10.6. The summed E-state index contributed by atoms with van der Waals surface area (Å²) in [5.41, 5.74) is 4.88. The molecule has 0 unspecified atom stereocenters. The number of carbonyl (C=O) groups is 1. The number of piperidine rings is 1. The lowest BCUT2D eigenvalue weighted by atomic mass is 9.50. The van der Waals surface area contributed by atoms with Gasteiger partial charge in [0.1, 0.15) is 11.9 Å². The predicted octanol–water partition coefficient (Wildman–Crippen LogP) is 8.65. The average Bonchev–Trinajstić information content (AvgIpc) is 3.91. The van der Waals surface area contributed by atoms with Crippen molar-refractivity contribution in [3.8, 4) is 17.2 Å². The summed E-state index contributed by atoms with van der Waals surface area (Å²) in [5, 5.41) is 11.4. The number of phenols is 1. The van der Waals surface area contributed by atoms with Gasteiger partial charge in [0, 0.05) is 48.2 Å². The fourth-order valence-electron chi connectivity index (χ4n) is 10.6. The number of aryl methyl sites for hydroxylation is 2. The maximum atomic E-state index is 14.4. The Morgan fingerprint density at radius 3 is 2.29 bits per heavy atom. The summed E-state index contributed by atoms with van der Waals surface area (Å²) in [6.07, 6.45) is 17.0. The van der Waals surface area contributed by atoms with Gasteiger partial charge >= 0.3 is 0 Å². The fraction of sp³-hybridized carbons (Fsp3) is 0.578. The Kier molecular flexibility index (Phi) is 10.3. The van der Waals surface area contributed by atoms with Crippen LogP contribution in [0.5, 0.6) is 17.2 Å². The number of benzene rings is 3. The van der Waals surface area contributed by atoms with Gasteiger partial charge in [-0.2, -0.15) is 0 Å². The van der Waals surface area contributed by atoms with Crippen molar-refractivity contribution in [2.75, 3.05) is 26.7 Å². The van der Waals surface area contributed by atoms with Crippen molar-refractivity contribution in [1.82, 2.24) is 9.80 Å². The monoisotopic (exact) mass is 690 g/mol. The zero-order chi connectivity index (χ0) is 34.8. The molecular formula is C45H58N2O4. The molecule has 5 aliphatic rings. The van der Waals surface area contributed by atoms with E-state index in [-0.39, 0.29) is 17.6 Å². The lowest BCUT2D eigenvalue weighted by molar-refractivity contribution is -0.143. The second-order valence-electron chi connectivity index (χ2n) is 16.4. The van der Waals surface area contributed by atoms with Crippen molar-refractivity contribution >= 4 is 5.91 Å². The van der Waals surface area contributed by atoms with Gasteiger partial charge in [0.2, 0.25) is 5.91 Å². The minimum Gasteiger partial charge on any atom is -0.508 e. The molecule has 3 fully saturated rings. The van der Waals surface area contributed by atoms with Crippen molar-refractivity contribution < 1.29 is 19.4 Å². The number of rotatable bonds is 17. The number of ether oxygens (including phenoxy) is 2. The number of amides is 1. The van der Waals surface area contributed by atoms with E-state index >= 15 is 0 Å². The lowest BCUT2D eigenvalue weighted by Crippen LogP contribution is -2.69. The Labute approximate surface area is 305 Å². The number of aromatic hydroxyl groups is 1. The van der Waals surface area contributed by atoms with Crippen LogP contribution in [-0.2, 0) is 29.5 Å². The molecule has 3 aliphatic carbocycles. The normalized spacial score (nSPS) is 26.0. The molecule has 1 amide bonds. The van der Waals surface area contributed by atoms with E-state index in [0.717, 1.165) is 94.5 Å². The molecule has 8 rings (SSSR count). The first-order valence-electron chi connectivity index (χ1n) is 20.3. The average molecular weight is 691 g/mol. The van der Waals surface area contributed by atoms with Gasteiger partial charge in [-0.05, 0) is 107 Å². The summed E-state index contributed by atoms with van der Waals surface area (Å²) in [6, 6.07) is 23.7. The van der Waals surface area contributed by atoms with E-state index in [1.807, 2.05) is 0 Å². The molecule has 3 aromatic carbocycles. The zero-order valence-corrected chi connectivity index (χ0v) is 30.7. The number of unbranched alkanes of at least 4 members (excludes halogenated alkanes) is 5. The molecule has 1 saturated heterocycles. The summed E-state index contributed by atoms with van der Waals surface area (Å²) >= 11 is 0. The Bertz CT molecular complexity index is 1640. The summed E-state index contributed by atoms with van der Waals surface area (Å²) < 4.78 is 13.0. The number of hydrogen-bond acceptors (Lipinski definition) is 5. The first kappa shape index (κ1) is 34.6. The van der Waals surface area contributed by atoms with Crippen LogP contribution in [0.25, 0.3) is 0 Å². The van der Waals surface area contributed by atoms with Crippen LogP contribution in [-0.4, -0.2) is 65.7 Å². The van der Waals surface area contributed by atoms with E-state index in [9.17, 15) is 9.90 Å². The van der Waals surface area contributed by atoms with E-state index in [0.29, 0.717) is 35.8 Å². The first-order valence-corrected chi connectivity index (χ1v) is 20.3. The molecule has 5 atom stereocenters. The van der Waals surface area contributed by atoms with Crippen LogP contribution in [0.1, 0.15) is 106 Å². The van der Waals surface area contributed by atoms with Crippen LogP contribution in [0.15, 0.2) is 66.7 Å². The minimum atomic E-state index is -0.191. The Hall–Kier alpha value is -3.51. The number of phenolic OH excluding ortho intramolecular Hbond substituents is 1. The van der Waals surface area contributed by atoms with E-state index in [4.69, 9.17) is 9.47 Å². The van der Waals surface area contributed by atoms with Crippen molar-refractivity contribution in [2.24, 2.45) is 11.8 Å². The number of likely N-dealkylation sites (tertiary alicyclic amines) is 1. The highest BCUT2D eigenvalue weighted by Gasteiger charge is 2.67. The highest BCUT2D eigenvalue weighted by atomic mass is 16.5. The molecule has 6 nitrogen and oxygen atoms in total. The van der Waals surface area contributed by atoms with Crippen LogP contribution in [0.3, 0.4) is 0 Å². The van der Waals surface area contributed by atoms with E-state index < -0.39 is 0 Å². The van der Waals surface area contributed by atoms with Crippen LogP contribution >= 0.6 is 0 Å². The topological polar surface area (TPSA) is 62.2 Å². The number of nitrogens with zero attached hydrogens (tertiary/aromatic N) is 2. The predicted molar refractivity (Wildman–Crippen MR) is 203 cm³/mol. The third-order valence-electron chi connectivity index (χ3n) is 13.3. The summed E-state index contributed by atoms with van der Waals surface area (Å²) in [7, 11) is 1.68. The molecule has 1 N–H and O–H groups in total. The highest BCUT2D eigenvalue weighted by molar-refractivity contribution is 5.77. The Morgan fingerprint density at radius 1 is 0.902 bits per heavy atom. The molecule has 0 radical (unpaired) electrons. The second kappa shape index (κ2) is 15.2. The molecule has 272 valence electrons. The largest absolute Gasteiger partial charge is 0.508 e. The molecule has 0 aromatic heterocycles. The maximum Gasteiger partial charge on any atom is 0.222 e. The Morgan fingerprint density at radius 2 is 1.59 bits per heavy atom. The third kappa shape index (κ3) is 6.90. The van der Waals surface area contributed by atoms with Crippen molar-refractivity contribution in [1.29, 1.82) is 0 Å². The van der Waals surface area contributed by atoms with Crippen LogP contribution in [0.4, 0.5) is 0 Å². The molecule has 51 heavy (non-hydrogen) atoms. The van der Waals surface area contributed by atoms with Crippen LogP contribution < -0.4 is 9.47 Å². The van der Waals surface area contributed by atoms with Crippen molar-refractivity contribution in [3.63, 3.8) is 0 Å². The first-order chi connectivity index (χ1) is 25.1. The maximum absolute atomic E-state index is 14.4.